The minimum absolute atomic E-state index is 0.0805. The number of hydrogen-bond donors (Lipinski definition) is 1. The van der Waals surface area contributed by atoms with Crippen molar-refractivity contribution in [3.8, 4) is 0 Å². The number of carbonyl (C=O) groups excluding carboxylic acids is 1. The number of anilines is 1. The Morgan fingerprint density at radius 3 is 2.70 bits per heavy atom. The molecule has 0 saturated heterocycles. The number of fused-ring (bicyclic) bond motifs is 3. The van der Waals surface area contributed by atoms with Gasteiger partial charge >= 0.3 is 0 Å². The molecule has 3 unspecified atom stereocenters. The van der Waals surface area contributed by atoms with Crippen LogP contribution in [0, 0.1) is 11.7 Å². The highest BCUT2D eigenvalue weighted by atomic mass is 19.1. The minimum atomic E-state index is -1.16. The van der Waals surface area contributed by atoms with Crippen molar-refractivity contribution in [2.24, 2.45) is 5.92 Å². The van der Waals surface area contributed by atoms with Gasteiger partial charge in [-0.3, -0.25) is 0 Å². The second-order valence-corrected chi connectivity index (χ2v) is 6.12. The summed E-state index contributed by atoms with van der Waals surface area (Å²) in [4.78, 5) is 11.1. The van der Waals surface area contributed by atoms with E-state index < -0.39 is 5.97 Å². The number of hydrogen-bond acceptors (Lipinski definition) is 3. The van der Waals surface area contributed by atoms with Crippen molar-refractivity contribution in [3.63, 3.8) is 0 Å². The average molecular weight is 308 g/mol. The lowest BCUT2D eigenvalue weighted by molar-refractivity contribution is -0.255. The van der Waals surface area contributed by atoms with Crippen molar-refractivity contribution < 1.29 is 14.3 Å². The van der Waals surface area contributed by atoms with Gasteiger partial charge in [0.05, 0.1) is 12.0 Å². The number of aromatic carboxylic acids is 1. The Labute approximate surface area is 133 Å². The van der Waals surface area contributed by atoms with Gasteiger partial charge in [0.15, 0.2) is 0 Å². The van der Waals surface area contributed by atoms with E-state index in [0.717, 1.165) is 23.2 Å². The molecule has 2 aromatic rings. The molecule has 1 aliphatic carbocycles. The summed E-state index contributed by atoms with van der Waals surface area (Å²) in [6, 6.07) is 11.7. The third-order valence-electron chi connectivity index (χ3n) is 4.83. The summed E-state index contributed by atoms with van der Waals surface area (Å²) in [6.07, 6.45) is 5.18. The number of benzene rings is 2. The quantitative estimate of drug-likeness (QED) is 0.868. The molecule has 23 heavy (non-hydrogen) atoms. The van der Waals surface area contributed by atoms with E-state index in [-0.39, 0.29) is 23.3 Å². The lowest BCUT2D eigenvalue weighted by atomic mass is 9.76. The third kappa shape index (κ3) is 2.31. The highest BCUT2D eigenvalue weighted by Gasteiger charge is 2.37. The van der Waals surface area contributed by atoms with Gasteiger partial charge in [-0.1, -0.05) is 30.4 Å². The summed E-state index contributed by atoms with van der Waals surface area (Å²) in [7, 11) is 0. The van der Waals surface area contributed by atoms with Gasteiger partial charge in [-0.2, -0.15) is 0 Å². The first kappa shape index (κ1) is 14.0. The fourth-order valence-electron chi connectivity index (χ4n) is 3.72. The molecule has 4 heteroatoms. The van der Waals surface area contributed by atoms with Crippen LogP contribution in [0.2, 0.25) is 0 Å². The van der Waals surface area contributed by atoms with Crippen molar-refractivity contribution in [1.29, 1.82) is 0 Å². The number of carbonyl (C=O) groups is 1. The fourth-order valence-corrected chi connectivity index (χ4v) is 3.72. The van der Waals surface area contributed by atoms with Crippen molar-refractivity contribution >= 4 is 11.7 Å². The molecule has 0 amide bonds. The summed E-state index contributed by atoms with van der Waals surface area (Å²) in [6.45, 7) is 0. The SMILES string of the molecule is O=C([O-])c1ccc2c(c1)C1C=CCC1C(c1ccc(F)cc1)N2. The van der Waals surface area contributed by atoms with Crippen LogP contribution in [0.1, 0.15) is 39.9 Å². The topological polar surface area (TPSA) is 52.2 Å². The first-order valence-corrected chi connectivity index (χ1v) is 7.67. The molecule has 0 radical (unpaired) electrons. The number of carboxylic acids is 1. The molecule has 2 aliphatic rings. The molecule has 3 nitrogen and oxygen atoms in total. The Kier molecular flexibility index (Phi) is 3.18. The van der Waals surface area contributed by atoms with Gasteiger partial charge in [-0.25, -0.2) is 4.39 Å². The van der Waals surface area contributed by atoms with Crippen molar-refractivity contribution in [3.05, 3.63) is 77.1 Å². The lowest BCUT2D eigenvalue weighted by Crippen LogP contribution is -2.30. The van der Waals surface area contributed by atoms with E-state index in [2.05, 4.69) is 17.5 Å². The number of rotatable bonds is 2. The highest BCUT2D eigenvalue weighted by molar-refractivity contribution is 5.87. The maximum absolute atomic E-state index is 13.2. The molecule has 0 aromatic heterocycles. The van der Waals surface area contributed by atoms with Gasteiger partial charge in [-0.15, -0.1) is 0 Å². The Morgan fingerprint density at radius 2 is 1.96 bits per heavy atom. The van der Waals surface area contributed by atoms with E-state index in [1.807, 2.05) is 12.1 Å². The number of carboxylic acid groups (broad SMARTS) is 1. The molecule has 0 saturated carbocycles. The van der Waals surface area contributed by atoms with Crippen molar-refractivity contribution in [2.45, 2.75) is 18.4 Å². The molecule has 1 heterocycles. The van der Waals surface area contributed by atoms with E-state index in [1.54, 1.807) is 18.2 Å². The second kappa shape index (κ2) is 5.23. The molecule has 116 valence electrons. The maximum atomic E-state index is 13.2. The van der Waals surface area contributed by atoms with Crippen LogP contribution in [-0.2, 0) is 0 Å². The van der Waals surface area contributed by atoms with Gasteiger partial charge in [0.1, 0.15) is 5.82 Å². The van der Waals surface area contributed by atoms with Crippen LogP contribution in [0.5, 0.6) is 0 Å². The Bertz CT molecular complexity index is 798. The van der Waals surface area contributed by atoms with Crippen LogP contribution in [0.25, 0.3) is 0 Å². The Morgan fingerprint density at radius 1 is 1.17 bits per heavy atom. The highest BCUT2D eigenvalue weighted by Crippen LogP contribution is 2.49. The van der Waals surface area contributed by atoms with E-state index in [1.165, 1.54) is 12.1 Å². The van der Waals surface area contributed by atoms with Crippen LogP contribution in [0.3, 0.4) is 0 Å². The van der Waals surface area contributed by atoms with Gasteiger partial charge in [0, 0.05) is 11.6 Å². The largest absolute Gasteiger partial charge is 0.545 e. The van der Waals surface area contributed by atoms with Crippen LogP contribution in [0.4, 0.5) is 10.1 Å². The molecular formula is C19H15FNO2-. The van der Waals surface area contributed by atoms with E-state index >= 15 is 0 Å². The molecule has 0 bridgehead atoms. The zero-order chi connectivity index (χ0) is 16.0. The average Bonchev–Trinajstić information content (AvgIpc) is 3.04. The van der Waals surface area contributed by atoms with Gasteiger partial charge in [-0.05, 0) is 53.3 Å². The Hall–Kier alpha value is -2.62. The molecule has 0 fully saturated rings. The normalized spacial score (nSPS) is 24.7. The van der Waals surface area contributed by atoms with Gasteiger partial charge in [0.25, 0.3) is 0 Å². The first-order chi connectivity index (χ1) is 11.1. The van der Waals surface area contributed by atoms with Crippen LogP contribution >= 0.6 is 0 Å². The maximum Gasteiger partial charge on any atom is 0.123 e. The van der Waals surface area contributed by atoms with Crippen LogP contribution < -0.4 is 10.4 Å². The monoisotopic (exact) mass is 308 g/mol. The van der Waals surface area contributed by atoms with Gasteiger partial charge < -0.3 is 15.2 Å². The van der Waals surface area contributed by atoms with Gasteiger partial charge in [0.2, 0.25) is 0 Å². The molecule has 2 aromatic carbocycles. The summed E-state index contributed by atoms with van der Waals surface area (Å²) in [5, 5.41) is 14.6. The minimum Gasteiger partial charge on any atom is -0.545 e. The number of nitrogens with one attached hydrogen (secondary N) is 1. The molecular weight excluding hydrogens is 293 g/mol. The number of halogens is 1. The molecule has 0 spiro atoms. The summed E-state index contributed by atoms with van der Waals surface area (Å²) >= 11 is 0. The van der Waals surface area contributed by atoms with Crippen molar-refractivity contribution in [1.82, 2.24) is 0 Å². The zero-order valence-electron chi connectivity index (χ0n) is 12.3. The van der Waals surface area contributed by atoms with E-state index in [4.69, 9.17) is 0 Å². The summed E-state index contributed by atoms with van der Waals surface area (Å²) in [5.74, 6) is -0.942. The smallest absolute Gasteiger partial charge is 0.123 e. The fraction of sp³-hybridized carbons (Fsp3) is 0.211. The molecule has 1 aliphatic heterocycles. The second-order valence-electron chi connectivity index (χ2n) is 6.12. The predicted octanol–water partition coefficient (Wildman–Crippen LogP) is 3.02. The first-order valence-electron chi connectivity index (χ1n) is 7.67. The predicted molar refractivity (Wildman–Crippen MR) is 83.5 cm³/mol. The Balaban J connectivity index is 1.77. The third-order valence-corrected chi connectivity index (χ3v) is 4.83. The molecule has 1 N–H and O–H groups in total. The van der Waals surface area contributed by atoms with Crippen LogP contribution in [-0.4, -0.2) is 5.97 Å². The summed E-state index contributed by atoms with van der Waals surface area (Å²) in [5.41, 5.74) is 3.16. The lowest BCUT2D eigenvalue weighted by Gasteiger charge is -2.37. The van der Waals surface area contributed by atoms with Crippen molar-refractivity contribution in [2.75, 3.05) is 5.32 Å². The molecule has 3 atom stereocenters. The van der Waals surface area contributed by atoms with Crippen LogP contribution in [0.15, 0.2) is 54.6 Å². The van der Waals surface area contributed by atoms with E-state index in [0.29, 0.717) is 5.92 Å². The number of allylic oxidation sites excluding steroid dienone is 2. The summed E-state index contributed by atoms with van der Waals surface area (Å²) < 4.78 is 13.2. The standard InChI is InChI=1S/C19H16FNO2/c20-13-7-4-11(5-8-13)18-15-3-1-2-14(15)16-10-12(19(22)23)6-9-17(16)21-18/h1-2,4-10,14-15,18,21H,3H2,(H,22,23)/p-1. The van der Waals surface area contributed by atoms with E-state index in [9.17, 15) is 14.3 Å². The zero-order valence-corrected chi connectivity index (χ0v) is 12.3. The molecule has 4 rings (SSSR count).